The highest BCUT2D eigenvalue weighted by Crippen LogP contribution is 2.26. The summed E-state index contributed by atoms with van der Waals surface area (Å²) in [5.74, 6) is -0.0755. The number of nitrogens with one attached hydrogen (secondary N) is 1. The number of aryl methyl sites for hydroxylation is 1. The lowest BCUT2D eigenvalue weighted by atomic mass is 10.2. The molecule has 5 nitrogen and oxygen atoms in total. The molecule has 0 fully saturated rings. The highest BCUT2D eigenvalue weighted by atomic mass is 35.5. The monoisotopic (exact) mass is 366 g/mol. The van der Waals surface area contributed by atoms with Crippen molar-refractivity contribution in [2.75, 3.05) is 5.32 Å². The molecule has 0 radical (unpaired) electrons. The van der Waals surface area contributed by atoms with E-state index in [2.05, 4.69) is 22.4 Å². The normalized spacial score (nSPS) is 12.2. The minimum atomic E-state index is -0.280. The van der Waals surface area contributed by atoms with Crippen molar-refractivity contribution in [2.24, 2.45) is 0 Å². The van der Waals surface area contributed by atoms with Crippen LogP contribution >= 0.6 is 23.4 Å². The van der Waals surface area contributed by atoms with Gasteiger partial charge in [0.05, 0.1) is 5.25 Å². The van der Waals surface area contributed by atoms with E-state index in [1.807, 2.05) is 36.6 Å². The zero-order valence-electron chi connectivity index (χ0n) is 14.3. The molecule has 0 unspecified atom stereocenters. The van der Waals surface area contributed by atoms with Crippen molar-refractivity contribution in [3.8, 4) is 0 Å². The second-order valence-corrected chi connectivity index (χ2v) is 7.39. The molecule has 1 aromatic heterocycles. The Bertz CT molecular complexity index is 689. The molecule has 1 amide bonds. The zero-order chi connectivity index (χ0) is 17.5. The second-order valence-electron chi connectivity index (χ2n) is 5.68. The van der Waals surface area contributed by atoms with E-state index in [0.717, 1.165) is 29.4 Å². The molecule has 1 heterocycles. The molecular weight excluding hydrogens is 344 g/mol. The van der Waals surface area contributed by atoms with Crippen LogP contribution in [0.4, 0.5) is 5.69 Å². The maximum atomic E-state index is 12.4. The van der Waals surface area contributed by atoms with E-state index in [1.165, 1.54) is 24.6 Å². The number of carbonyl (C=O) groups is 1. The van der Waals surface area contributed by atoms with Gasteiger partial charge in [-0.1, -0.05) is 49.2 Å². The lowest BCUT2D eigenvalue weighted by Gasteiger charge is -2.14. The van der Waals surface area contributed by atoms with Gasteiger partial charge in [-0.25, -0.2) is 0 Å². The summed E-state index contributed by atoms with van der Waals surface area (Å²) in [7, 11) is 0. The first-order chi connectivity index (χ1) is 11.5. The molecule has 0 bridgehead atoms. The van der Waals surface area contributed by atoms with Gasteiger partial charge in [0.1, 0.15) is 6.33 Å². The van der Waals surface area contributed by atoms with E-state index >= 15 is 0 Å². The predicted molar refractivity (Wildman–Crippen MR) is 99.7 cm³/mol. The largest absolute Gasteiger partial charge is 0.325 e. The van der Waals surface area contributed by atoms with E-state index in [0.29, 0.717) is 5.02 Å². The number of carbonyl (C=O) groups excluding carboxylic acids is 1. The van der Waals surface area contributed by atoms with Crippen LogP contribution in [0.2, 0.25) is 5.02 Å². The Morgan fingerprint density at radius 1 is 1.42 bits per heavy atom. The van der Waals surface area contributed by atoms with Crippen molar-refractivity contribution in [3.05, 3.63) is 35.1 Å². The van der Waals surface area contributed by atoms with E-state index in [1.54, 1.807) is 6.33 Å². The van der Waals surface area contributed by atoms with Gasteiger partial charge in [-0.3, -0.25) is 4.79 Å². The van der Waals surface area contributed by atoms with Crippen molar-refractivity contribution in [3.63, 3.8) is 0 Å². The van der Waals surface area contributed by atoms with Gasteiger partial charge in [0, 0.05) is 17.3 Å². The van der Waals surface area contributed by atoms with Crippen LogP contribution < -0.4 is 5.32 Å². The quantitative estimate of drug-likeness (QED) is 0.550. The molecular formula is C17H23ClN4OS. The Kier molecular flexibility index (Phi) is 7.12. The number of benzene rings is 1. The summed E-state index contributed by atoms with van der Waals surface area (Å²) in [6.07, 6.45) is 5.16. The van der Waals surface area contributed by atoms with E-state index in [4.69, 9.17) is 11.6 Å². The number of unbranched alkanes of at least 4 members (excludes halogenated alkanes) is 2. The third kappa shape index (κ3) is 4.98. The summed E-state index contributed by atoms with van der Waals surface area (Å²) in [5, 5.41) is 12.2. The number of halogens is 1. The summed E-state index contributed by atoms with van der Waals surface area (Å²) in [6.45, 7) is 6.81. The molecule has 0 aliphatic rings. The number of anilines is 1. The molecule has 1 atom stereocenters. The van der Waals surface area contributed by atoms with Crippen molar-refractivity contribution in [1.29, 1.82) is 0 Å². The van der Waals surface area contributed by atoms with Gasteiger partial charge in [0.25, 0.3) is 0 Å². The summed E-state index contributed by atoms with van der Waals surface area (Å²) in [5.41, 5.74) is 1.61. The van der Waals surface area contributed by atoms with Gasteiger partial charge < -0.3 is 9.88 Å². The van der Waals surface area contributed by atoms with Crippen LogP contribution in [-0.4, -0.2) is 25.9 Å². The van der Waals surface area contributed by atoms with Gasteiger partial charge in [-0.2, -0.15) is 0 Å². The lowest BCUT2D eigenvalue weighted by Crippen LogP contribution is -2.23. The number of nitrogens with zero attached hydrogens (tertiary/aromatic N) is 3. The third-order valence-corrected chi connectivity index (χ3v) is 5.26. The third-order valence-electron chi connectivity index (χ3n) is 3.76. The first-order valence-electron chi connectivity index (χ1n) is 8.13. The molecule has 0 saturated heterocycles. The number of rotatable bonds is 8. The van der Waals surface area contributed by atoms with Gasteiger partial charge >= 0.3 is 0 Å². The number of thioether (sulfide) groups is 1. The molecule has 7 heteroatoms. The molecule has 0 aliphatic heterocycles. The second kappa shape index (κ2) is 9.08. The van der Waals surface area contributed by atoms with Crippen molar-refractivity contribution < 1.29 is 4.79 Å². The van der Waals surface area contributed by atoms with Crippen molar-refractivity contribution >= 4 is 35.0 Å². The Labute approximate surface area is 152 Å². The Hall–Kier alpha value is -1.53. The Morgan fingerprint density at radius 3 is 2.96 bits per heavy atom. The molecule has 0 saturated carbocycles. The average Bonchev–Trinajstić information content (AvgIpc) is 2.99. The fourth-order valence-electron chi connectivity index (χ4n) is 2.21. The van der Waals surface area contributed by atoms with Crippen LogP contribution in [0.1, 0.15) is 38.7 Å². The summed E-state index contributed by atoms with van der Waals surface area (Å²) >= 11 is 7.51. The SMILES string of the molecule is CCCCCn1cnnc1S[C@@H](C)C(=O)Nc1cccc(Cl)c1C. The summed E-state index contributed by atoms with van der Waals surface area (Å²) in [6, 6.07) is 5.49. The maximum Gasteiger partial charge on any atom is 0.237 e. The van der Waals surface area contributed by atoms with Crippen LogP contribution in [0, 0.1) is 6.92 Å². The predicted octanol–water partition coefficient (Wildman–Crippen LogP) is 4.55. The number of hydrogen-bond acceptors (Lipinski definition) is 4. The zero-order valence-corrected chi connectivity index (χ0v) is 15.8. The Morgan fingerprint density at radius 2 is 2.21 bits per heavy atom. The van der Waals surface area contributed by atoms with Gasteiger partial charge in [0.2, 0.25) is 5.91 Å². The van der Waals surface area contributed by atoms with Crippen LogP contribution in [0.15, 0.2) is 29.7 Å². The number of amides is 1. The first kappa shape index (κ1) is 18.8. The van der Waals surface area contributed by atoms with Crippen molar-refractivity contribution in [2.45, 2.75) is 57.0 Å². The first-order valence-corrected chi connectivity index (χ1v) is 9.39. The molecule has 2 aromatic rings. The van der Waals surface area contributed by atoms with Crippen LogP contribution in [0.5, 0.6) is 0 Å². The molecule has 1 aromatic carbocycles. The number of aromatic nitrogens is 3. The van der Waals surface area contributed by atoms with Gasteiger partial charge in [-0.05, 0) is 38.0 Å². The molecule has 130 valence electrons. The minimum absolute atomic E-state index is 0.0755. The summed E-state index contributed by atoms with van der Waals surface area (Å²) in [4.78, 5) is 12.4. The highest BCUT2D eigenvalue weighted by Gasteiger charge is 2.18. The molecule has 0 spiro atoms. The van der Waals surface area contributed by atoms with Crippen LogP contribution in [0.25, 0.3) is 0 Å². The van der Waals surface area contributed by atoms with E-state index < -0.39 is 0 Å². The molecule has 0 aliphatic carbocycles. The maximum absolute atomic E-state index is 12.4. The van der Waals surface area contributed by atoms with Crippen LogP contribution in [-0.2, 0) is 11.3 Å². The minimum Gasteiger partial charge on any atom is -0.325 e. The standard InChI is InChI=1S/C17H23ClN4OS/c1-4-5-6-10-22-11-19-21-17(22)24-13(3)16(23)20-15-9-7-8-14(18)12(15)2/h7-9,11,13H,4-6,10H2,1-3H3,(H,20,23)/t13-/m0/s1. The lowest BCUT2D eigenvalue weighted by molar-refractivity contribution is -0.115. The number of hydrogen-bond donors (Lipinski definition) is 1. The Balaban J connectivity index is 1.97. The average molecular weight is 367 g/mol. The van der Waals surface area contributed by atoms with Crippen molar-refractivity contribution in [1.82, 2.24) is 14.8 Å². The van der Waals surface area contributed by atoms with Gasteiger partial charge in [0.15, 0.2) is 5.16 Å². The molecule has 2 rings (SSSR count). The molecule has 24 heavy (non-hydrogen) atoms. The van der Waals surface area contributed by atoms with E-state index in [-0.39, 0.29) is 11.2 Å². The fraction of sp³-hybridized carbons (Fsp3) is 0.471. The smallest absolute Gasteiger partial charge is 0.237 e. The van der Waals surface area contributed by atoms with Gasteiger partial charge in [-0.15, -0.1) is 10.2 Å². The fourth-order valence-corrected chi connectivity index (χ4v) is 3.23. The molecule has 1 N–H and O–H groups in total. The summed E-state index contributed by atoms with van der Waals surface area (Å²) < 4.78 is 2.01. The van der Waals surface area contributed by atoms with Crippen LogP contribution in [0.3, 0.4) is 0 Å². The highest BCUT2D eigenvalue weighted by molar-refractivity contribution is 8.00. The topological polar surface area (TPSA) is 59.8 Å². The van der Waals surface area contributed by atoms with E-state index in [9.17, 15) is 4.79 Å².